The van der Waals surface area contributed by atoms with Gasteiger partial charge in [-0.05, 0) is 6.54 Å². The molecule has 0 unspecified atom stereocenters. The molecule has 0 aliphatic heterocycles. The van der Waals surface area contributed by atoms with Crippen molar-refractivity contribution in [2.24, 2.45) is 4.99 Å². The topological polar surface area (TPSA) is 36.1 Å². The van der Waals surface area contributed by atoms with E-state index in [4.69, 9.17) is 5.26 Å². The Kier molecular flexibility index (Phi) is 5.81. The van der Waals surface area contributed by atoms with Crippen molar-refractivity contribution in [3.05, 3.63) is 78.3 Å². The molecule has 0 radical (unpaired) electrons. The predicted octanol–water partition coefficient (Wildman–Crippen LogP) is 0.213. The summed E-state index contributed by atoms with van der Waals surface area (Å²) in [5.74, 6) is 0. The molecule has 2 nitrogen and oxygen atoms in total. The number of aliphatic imine (C=N–C) groups is 1. The minimum Gasteiger partial charge on any atom is -0.431 e. The minimum atomic E-state index is 0. The van der Waals surface area contributed by atoms with Gasteiger partial charge in [0.05, 0.1) is 0 Å². The quantitative estimate of drug-likeness (QED) is 0.419. The second-order valence-corrected chi connectivity index (χ2v) is 3.47. The zero-order valence-corrected chi connectivity index (χ0v) is 10.2. The van der Waals surface area contributed by atoms with E-state index in [2.05, 4.69) is 4.99 Å². The first-order valence-corrected chi connectivity index (χ1v) is 5.32. The van der Waals surface area contributed by atoms with Crippen molar-refractivity contribution in [2.75, 3.05) is 0 Å². The summed E-state index contributed by atoms with van der Waals surface area (Å²) in [6.45, 7) is 1.26. The van der Waals surface area contributed by atoms with Crippen molar-refractivity contribution in [1.29, 1.82) is 5.26 Å². The first-order valence-electron chi connectivity index (χ1n) is 5.32. The largest absolute Gasteiger partial charge is 1.00 e. The maximum atomic E-state index is 8.60. The maximum absolute atomic E-state index is 8.60. The Morgan fingerprint density at radius 2 is 1.33 bits per heavy atom. The molecule has 0 atom stereocenters. The number of benzene rings is 2. The normalized spacial score (nSPS) is 8.61. The van der Waals surface area contributed by atoms with E-state index in [9.17, 15) is 0 Å². The molecule has 0 heterocycles. The molecule has 0 aromatic heterocycles. The maximum Gasteiger partial charge on any atom is 1.00 e. The fourth-order valence-corrected chi connectivity index (χ4v) is 1.60. The Labute approximate surface area is 119 Å². The van der Waals surface area contributed by atoms with Crippen molar-refractivity contribution in [3.8, 4) is 6.07 Å². The van der Waals surface area contributed by atoms with Gasteiger partial charge >= 0.3 is 18.9 Å². The zero-order chi connectivity index (χ0) is 11.9. The van der Waals surface area contributed by atoms with E-state index in [0.717, 1.165) is 16.8 Å². The van der Waals surface area contributed by atoms with Gasteiger partial charge in [0, 0.05) is 6.07 Å². The summed E-state index contributed by atoms with van der Waals surface area (Å²) >= 11 is 0. The van der Waals surface area contributed by atoms with Gasteiger partial charge in [0.1, 0.15) is 0 Å². The average molecular weight is 226 g/mol. The van der Waals surface area contributed by atoms with Crippen LogP contribution in [-0.4, -0.2) is 5.71 Å². The minimum absolute atomic E-state index is 0. The van der Waals surface area contributed by atoms with Gasteiger partial charge in [0.15, 0.2) is 0 Å². The van der Waals surface area contributed by atoms with Gasteiger partial charge in [-0.25, -0.2) is 5.26 Å². The average Bonchev–Trinajstić information content (AvgIpc) is 2.42. The molecule has 82 valence electrons. The van der Waals surface area contributed by atoms with E-state index < -0.39 is 0 Å². The molecule has 3 heteroatoms. The second-order valence-electron chi connectivity index (χ2n) is 3.47. The van der Waals surface area contributed by atoms with E-state index in [1.54, 1.807) is 0 Å². The molecule has 0 fully saturated rings. The molecular formula is C15H11LiN2. The molecule has 0 aliphatic rings. The van der Waals surface area contributed by atoms with Gasteiger partial charge in [-0.1, -0.05) is 77.5 Å². The fraction of sp³-hybridized carbons (Fsp3) is 0. The number of hydrogen-bond acceptors (Lipinski definition) is 2. The van der Waals surface area contributed by atoms with Gasteiger partial charge in [-0.15, -0.1) is 0 Å². The molecular weight excluding hydrogens is 215 g/mol. The third kappa shape index (κ3) is 3.54. The molecule has 0 saturated carbocycles. The van der Waals surface area contributed by atoms with Crippen LogP contribution in [0.3, 0.4) is 0 Å². The third-order valence-corrected chi connectivity index (χ3v) is 2.35. The SMILES string of the molecule is N#C[CH-]N=C(c1ccccc1)c1ccccc1.[Li+]. The van der Waals surface area contributed by atoms with E-state index in [1.165, 1.54) is 6.54 Å². The first kappa shape index (κ1) is 14.1. The number of nitriles is 1. The van der Waals surface area contributed by atoms with Crippen LogP contribution in [0.15, 0.2) is 65.7 Å². The van der Waals surface area contributed by atoms with Crippen LogP contribution in [0.25, 0.3) is 0 Å². The number of rotatable bonds is 3. The number of nitrogens with zero attached hydrogens (tertiary/aromatic N) is 2. The van der Waals surface area contributed by atoms with Gasteiger partial charge in [0.25, 0.3) is 0 Å². The van der Waals surface area contributed by atoms with Crippen molar-refractivity contribution in [2.45, 2.75) is 0 Å². The molecule has 2 aromatic rings. The zero-order valence-electron chi connectivity index (χ0n) is 10.2. The van der Waals surface area contributed by atoms with Crippen LogP contribution in [0.4, 0.5) is 0 Å². The molecule has 18 heavy (non-hydrogen) atoms. The summed E-state index contributed by atoms with van der Waals surface area (Å²) in [5.41, 5.74) is 2.82. The van der Waals surface area contributed by atoms with Gasteiger partial charge in [-0.3, -0.25) is 0 Å². The second kappa shape index (κ2) is 7.40. The van der Waals surface area contributed by atoms with E-state index in [0.29, 0.717) is 0 Å². The Hall–Kier alpha value is -1.93. The van der Waals surface area contributed by atoms with Crippen LogP contribution in [0, 0.1) is 17.9 Å². The fourth-order valence-electron chi connectivity index (χ4n) is 1.60. The van der Waals surface area contributed by atoms with Gasteiger partial charge < -0.3 is 4.99 Å². The summed E-state index contributed by atoms with van der Waals surface area (Å²) in [6, 6.07) is 21.6. The van der Waals surface area contributed by atoms with Gasteiger partial charge in [0.2, 0.25) is 0 Å². The first-order chi connectivity index (χ1) is 8.42. The molecule has 0 aliphatic carbocycles. The van der Waals surface area contributed by atoms with Crippen LogP contribution < -0.4 is 18.9 Å². The van der Waals surface area contributed by atoms with Crippen molar-refractivity contribution >= 4 is 5.71 Å². The Morgan fingerprint density at radius 3 is 1.72 bits per heavy atom. The van der Waals surface area contributed by atoms with Crippen molar-refractivity contribution < 1.29 is 18.9 Å². The molecule has 0 amide bonds. The summed E-state index contributed by atoms with van der Waals surface area (Å²) in [7, 11) is 0. The smallest absolute Gasteiger partial charge is 0.431 e. The van der Waals surface area contributed by atoms with Crippen LogP contribution >= 0.6 is 0 Å². The van der Waals surface area contributed by atoms with E-state index in [-0.39, 0.29) is 18.9 Å². The summed E-state index contributed by atoms with van der Waals surface area (Å²) in [5, 5.41) is 8.60. The Balaban J connectivity index is 0.00000162. The van der Waals surface area contributed by atoms with Crippen molar-refractivity contribution in [3.63, 3.8) is 0 Å². The van der Waals surface area contributed by atoms with Crippen LogP contribution in [0.5, 0.6) is 0 Å². The molecule has 2 rings (SSSR count). The summed E-state index contributed by atoms with van der Waals surface area (Å²) in [4.78, 5) is 4.21. The number of hydrogen-bond donors (Lipinski definition) is 0. The van der Waals surface area contributed by atoms with Crippen LogP contribution in [-0.2, 0) is 0 Å². The predicted molar refractivity (Wildman–Crippen MR) is 68.4 cm³/mol. The molecule has 0 spiro atoms. The van der Waals surface area contributed by atoms with Crippen LogP contribution in [0.2, 0.25) is 0 Å². The summed E-state index contributed by atoms with van der Waals surface area (Å²) in [6.07, 6.45) is 0. The Morgan fingerprint density at radius 1 is 0.889 bits per heavy atom. The van der Waals surface area contributed by atoms with E-state index in [1.807, 2.05) is 66.7 Å². The molecule has 0 saturated heterocycles. The molecule has 0 N–H and O–H groups in total. The molecule has 0 bridgehead atoms. The van der Waals surface area contributed by atoms with Crippen molar-refractivity contribution in [1.82, 2.24) is 0 Å². The monoisotopic (exact) mass is 226 g/mol. The van der Waals surface area contributed by atoms with Gasteiger partial charge in [-0.2, -0.15) is 0 Å². The van der Waals surface area contributed by atoms with Crippen LogP contribution in [0.1, 0.15) is 11.1 Å². The van der Waals surface area contributed by atoms with E-state index >= 15 is 0 Å². The third-order valence-electron chi connectivity index (χ3n) is 2.35. The molecule has 2 aromatic carbocycles. The Bertz CT molecular complexity index is 500. The standard InChI is InChI=1S/C15H11N2.Li/c16-11-12-17-15(13-7-3-1-4-8-13)14-9-5-2-6-10-14;/h1-10,12H;/q-1;+1. The summed E-state index contributed by atoms with van der Waals surface area (Å²) < 4.78 is 0.